The number of hydrogen-bond acceptors (Lipinski definition) is 4. The van der Waals surface area contributed by atoms with E-state index >= 15 is 0 Å². The largest absolute Gasteiger partial charge is 0.445 e. The number of carbonyl (C=O) groups is 3. The number of piperidine rings is 1. The molecule has 1 fully saturated rings. The van der Waals surface area contributed by atoms with Gasteiger partial charge in [-0.3, -0.25) is 9.59 Å². The number of amides is 3. The minimum atomic E-state index is -0.651. The first-order valence-corrected chi connectivity index (χ1v) is 15.7. The second kappa shape index (κ2) is 16.9. The summed E-state index contributed by atoms with van der Waals surface area (Å²) >= 11 is 0. The highest BCUT2D eigenvalue weighted by Crippen LogP contribution is 2.26. The van der Waals surface area contributed by atoms with Crippen molar-refractivity contribution in [2.24, 2.45) is 17.3 Å². The molecule has 0 radical (unpaired) electrons. The Morgan fingerprint density at radius 2 is 1.55 bits per heavy atom. The molecule has 0 spiro atoms. The van der Waals surface area contributed by atoms with Crippen LogP contribution in [-0.2, 0) is 27.4 Å². The summed E-state index contributed by atoms with van der Waals surface area (Å²) in [6, 6.07) is 19.3. The van der Waals surface area contributed by atoms with Gasteiger partial charge in [-0.15, -0.1) is 0 Å². The van der Waals surface area contributed by atoms with Gasteiger partial charge in [0.25, 0.3) is 0 Å². The van der Waals surface area contributed by atoms with E-state index < -0.39 is 12.1 Å². The van der Waals surface area contributed by atoms with E-state index in [0.29, 0.717) is 50.7 Å². The maximum Gasteiger partial charge on any atom is 0.408 e. The molecular weight excluding hydrogens is 526 g/mol. The highest BCUT2D eigenvalue weighted by atomic mass is 16.5. The predicted molar refractivity (Wildman–Crippen MR) is 168 cm³/mol. The average molecular weight is 578 g/mol. The molecule has 0 aliphatic carbocycles. The van der Waals surface area contributed by atoms with Crippen LogP contribution in [0.15, 0.2) is 60.7 Å². The number of nitrogens with one attached hydrogen (secondary N) is 2. The Bertz CT molecular complexity index is 1090. The van der Waals surface area contributed by atoms with Gasteiger partial charge in [0.05, 0.1) is 0 Å². The summed E-state index contributed by atoms with van der Waals surface area (Å²) in [5.41, 5.74) is 2.43. The van der Waals surface area contributed by atoms with E-state index in [-0.39, 0.29) is 23.8 Å². The molecule has 7 heteroatoms. The molecule has 1 aliphatic rings. The summed E-state index contributed by atoms with van der Waals surface area (Å²) in [6.45, 7) is 10.8. The Morgan fingerprint density at radius 1 is 0.929 bits per heavy atom. The smallest absolute Gasteiger partial charge is 0.408 e. The number of benzene rings is 2. The molecule has 2 aromatic rings. The maximum absolute atomic E-state index is 13.6. The van der Waals surface area contributed by atoms with Crippen molar-refractivity contribution in [3.05, 3.63) is 71.8 Å². The van der Waals surface area contributed by atoms with Crippen LogP contribution in [0.2, 0.25) is 0 Å². The van der Waals surface area contributed by atoms with Crippen molar-refractivity contribution < 1.29 is 19.1 Å². The van der Waals surface area contributed by atoms with Gasteiger partial charge in [-0.1, -0.05) is 88.4 Å². The number of carbonyl (C=O) groups excluding carboxylic acids is 3. The van der Waals surface area contributed by atoms with Crippen LogP contribution in [0.1, 0.15) is 83.8 Å². The minimum absolute atomic E-state index is 0.0511. The third-order valence-corrected chi connectivity index (χ3v) is 7.83. The summed E-state index contributed by atoms with van der Waals surface area (Å²) in [4.78, 5) is 40.5. The number of likely N-dealkylation sites (tertiary alicyclic amines) is 1. The van der Waals surface area contributed by atoms with E-state index in [1.54, 1.807) is 0 Å². The van der Waals surface area contributed by atoms with Crippen molar-refractivity contribution in [1.29, 1.82) is 0 Å². The molecule has 2 N–H and O–H groups in total. The van der Waals surface area contributed by atoms with Crippen molar-refractivity contribution in [1.82, 2.24) is 15.5 Å². The monoisotopic (exact) mass is 577 g/mol. The molecule has 3 rings (SSSR count). The number of alkyl carbamates (subject to hydrolysis) is 1. The van der Waals surface area contributed by atoms with E-state index in [1.807, 2.05) is 41.3 Å². The molecule has 0 unspecified atom stereocenters. The fourth-order valence-electron chi connectivity index (χ4n) is 5.90. The van der Waals surface area contributed by atoms with Gasteiger partial charge in [-0.05, 0) is 73.3 Å². The van der Waals surface area contributed by atoms with Gasteiger partial charge >= 0.3 is 6.09 Å². The lowest BCUT2D eigenvalue weighted by atomic mass is 9.84. The third-order valence-electron chi connectivity index (χ3n) is 7.83. The highest BCUT2D eigenvalue weighted by Gasteiger charge is 2.29. The van der Waals surface area contributed by atoms with Gasteiger partial charge in [0.2, 0.25) is 11.8 Å². The van der Waals surface area contributed by atoms with Gasteiger partial charge in [0, 0.05) is 26.1 Å². The minimum Gasteiger partial charge on any atom is -0.445 e. The average Bonchev–Trinajstić information content (AvgIpc) is 2.95. The first kappa shape index (κ1) is 33.2. The maximum atomic E-state index is 13.6. The topological polar surface area (TPSA) is 87.7 Å². The Kier molecular flexibility index (Phi) is 13.4. The summed E-state index contributed by atoms with van der Waals surface area (Å²) < 4.78 is 5.43. The van der Waals surface area contributed by atoms with Crippen molar-refractivity contribution in [2.45, 2.75) is 91.7 Å². The molecule has 3 amide bonds. The Labute approximate surface area is 252 Å². The van der Waals surface area contributed by atoms with Gasteiger partial charge in [-0.2, -0.15) is 0 Å². The van der Waals surface area contributed by atoms with Gasteiger partial charge < -0.3 is 20.3 Å². The predicted octanol–water partition coefficient (Wildman–Crippen LogP) is 6.51. The van der Waals surface area contributed by atoms with E-state index in [9.17, 15) is 14.4 Å². The third kappa shape index (κ3) is 12.7. The Morgan fingerprint density at radius 3 is 2.17 bits per heavy atom. The number of ether oxygens (including phenoxy) is 1. The molecule has 230 valence electrons. The molecule has 0 bridgehead atoms. The van der Waals surface area contributed by atoms with Crippen molar-refractivity contribution in [3.8, 4) is 0 Å². The zero-order chi connectivity index (χ0) is 30.4. The van der Waals surface area contributed by atoms with Gasteiger partial charge in [0.15, 0.2) is 0 Å². The number of hydrogen-bond donors (Lipinski definition) is 2. The fourth-order valence-corrected chi connectivity index (χ4v) is 5.90. The van der Waals surface area contributed by atoms with E-state index in [4.69, 9.17) is 4.74 Å². The molecule has 2 aromatic carbocycles. The van der Waals surface area contributed by atoms with Crippen LogP contribution in [-0.4, -0.2) is 48.5 Å². The second-order valence-electron chi connectivity index (χ2n) is 13.1. The van der Waals surface area contributed by atoms with Crippen molar-refractivity contribution in [3.63, 3.8) is 0 Å². The van der Waals surface area contributed by atoms with Crippen LogP contribution in [0.25, 0.3) is 0 Å². The zero-order valence-corrected chi connectivity index (χ0v) is 26.1. The van der Waals surface area contributed by atoms with E-state index in [2.05, 4.69) is 62.6 Å². The van der Waals surface area contributed by atoms with Gasteiger partial charge in [0.1, 0.15) is 12.6 Å². The van der Waals surface area contributed by atoms with Crippen LogP contribution in [0.5, 0.6) is 0 Å². The van der Waals surface area contributed by atoms with Crippen LogP contribution < -0.4 is 10.6 Å². The van der Waals surface area contributed by atoms with Crippen LogP contribution >= 0.6 is 0 Å². The van der Waals surface area contributed by atoms with Crippen molar-refractivity contribution >= 4 is 17.9 Å². The molecule has 42 heavy (non-hydrogen) atoms. The normalized spacial score (nSPS) is 15.5. The lowest BCUT2D eigenvalue weighted by Gasteiger charge is -2.34. The number of nitrogens with zero attached hydrogens (tertiary/aromatic N) is 1. The standard InChI is InChI=1S/C35H51N3O4/c1-27(25-35(2,3)4)23-32(39)36-20-12-11-17-31(37-34(41)42-26-30-15-9-6-10-16-30)33(40)38-21-18-29(19-22-38)24-28-13-7-5-8-14-28/h5-10,13-16,27,29,31H,11-12,17-26H2,1-4H3,(H,36,39)(H,37,41)/t27-,31+/m1/s1. The molecule has 2 atom stereocenters. The first-order valence-electron chi connectivity index (χ1n) is 15.7. The molecule has 0 saturated carbocycles. The first-order chi connectivity index (χ1) is 20.1. The van der Waals surface area contributed by atoms with Crippen LogP contribution in [0.4, 0.5) is 4.79 Å². The summed E-state index contributed by atoms with van der Waals surface area (Å²) in [5.74, 6) is 0.897. The Hall–Kier alpha value is -3.35. The molecule has 7 nitrogen and oxygen atoms in total. The van der Waals surface area contributed by atoms with Crippen LogP contribution in [0, 0.1) is 17.3 Å². The molecule has 1 saturated heterocycles. The highest BCUT2D eigenvalue weighted by molar-refractivity contribution is 5.85. The summed E-state index contributed by atoms with van der Waals surface area (Å²) in [7, 11) is 0. The van der Waals surface area contributed by atoms with Crippen molar-refractivity contribution in [2.75, 3.05) is 19.6 Å². The van der Waals surface area contributed by atoms with E-state index in [1.165, 1.54) is 5.56 Å². The van der Waals surface area contributed by atoms with Crippen LogP contribution in [0.3, 0.4) is 0 Å². The SMILES string of the molecule is C[C@H](CC(=O)NCCCC[C@H](NC(=O)OCc1ccccc1)C(=O)N1CCC(Cc2ccccc2)CC1)CC(C)(C)C. The second-order valence-corrected chi connectivity index (χ2v) is 13.1. The molecule has 0 aromatic heterocycles. The fraction of sp³-hybridized carbons (Fsp3) is 0.571. The molecular formula is C35H51N3O4. The summed E-state index contributed by atoms with van der Waals surface area (Å²) in [5, 5.41) is 5.87. The van der Waals surface area contributed by atoms with E-state index in [0.717, 1.165) is 37.7 Å². The lowest BCUT2D eigenvalue weighted by Crippen LogP contribution is -2.51. The quantitative estimate of drug-likeness (QED) is 0.251. The van der Waals surface area contributed by atoms with Gasteiger partial charge in [-0.25, -0.2) is 4.79 Å². The Balaban J connectivity index is 1.47. The lowest BCUT2D eigenvalue weighted by molar-refractivity contribution is -0.135. The molecule has 1 aliphatic heterocycles. The summed E-state index contributed by atoms with van der Waals surface area (Å²) in [6.07, 6.45) is 5.80. The molecule has 1 heterocycles. The number of unbranched alkanes of at least 4 members (excludes halogenated alkanes) is 1. The zero-order valence-electron chi connectivity index (χ0n) is 26.1. The number of rotatable bonds is 14.